The summed E-state index contributed by atoms with van der Waals surface area (Å²) < 4.78 is 6.01. The Bertz CT molecular complexity index is 482. The first-order chi connectivity index (χ1) is 11.3. The van der Waals surface area contributed by atoms with Crippen molar-refractivity contribution in [2.24, 2.45) is 11.3 Å². The van der Waals surface area contributed by atoms with Crippen molar-refractivity contribution in [3.63, 3.8) is 0 Å². The summed E-state index contributed by atoms with van der Waals surface area (Å²) in [6.45, 7) is 13.7. The Kier molecular flexibility index (Phi) is 6.88. The van der Waals surface area contributed by atoms with Crippen LogP contribution < -0.4 is 5.32 Å². The monoisotopic (exact) mass is 332 g/mol. The van der Waals surface area contributed by atoms with E-state index in [0.717, 1.165) is 12.5 Å². The van der Waals surface area contributed by atoms with E-state index < -0.39 is 0 Å². The maximum Gasteiger partial charge on any atom is 0.109 e. The fraction of sp³-hybridized carbons (Fsp3) is 0.727. The summed E-state index contributed by atoms with van der Waals surface area (Å²) in [6, 6.07) is 11.4. The van der Waals surface area contributed by atoms with Gasteiger partial charge in [-0.25, -0.2) is 0 Å². The van der Waals surface area contributed by atoms with Gasteiger partial charge in [0.15, 0.2) is 0 Å². The van der Waals surface area contributed by atoms with E-state index in [4.69, 9.17) is 4.74 Å². The highest BCUT2D eigenvalue weighted by Crippen LogP contribution is 2.45. The number of benzene rings is 1. The number of hydrogen-bond acceptors (Lipinski definition) is 1. The maximum absolute atomic E-state index is 6.01. The molecule has 1 saturated heterocycles. The van der Waals surface area contributed by atoms with Gasteiger partial charge in [-0.3, -0.25) is 0 Å². The van der Waals surface area contributed by atoms with Crippen LogP contribution in [0.3, 0.4) is 0 Å². The second-order valence-electron chi connectivity index (χ2n) is 8.94. The Morgan fingerprint density at radius 1 is 1.08 bits per heavy atom. The molecule has 1 aliphatic rings. The molecule has 24 heavy (non-hydrogen) atoms. The third-order valence-electron chi connectivity index (χ3n) is 5.70. The Morgan fingerprint density at radius 2 is 1.79 bits per heavy atom. The molecule has 2 heteroatoms. The molecule has 2 nitrogen and oxygen atoms in total. The van der Waals surface area contributed by atoms with Crippen molar-refractivity contribution in [2.45, 2.75) is 78.4 Å². The SMILES string of the molecule is CC(C)CC[C@]1(CC[NH2+][C@H](C)c2ccccc2)CCOC(C)(C)C1. The van der Waals surface area contributed by atoms with Crippen LogP contribution in [0.1, 0.15) is 78.3 Å². The first-order valence-corrected chi connectivity index (χ1v) is 9.84. The topological polar surface area (TPSA) is 25.8 Å². The number of rotatable bonds is 8. The van der Waals surface area contributed by atoms with Gasteiger partial charge in [-0.05, 0) is 51.4 Å². The van der Waals surface area contributed by atoms with E-state index in [1.807, 2.05) is 0 Å². The molecule has 2 rings (SSSR count). The highest BCUT2D eigenvalue weighted by molar-refractivity contribution is 5.16. The van der Waals surface area contributed by atoms with Crippen molar-refractivity contribution in [3.05, 3.63) is 35.9 Å². The third-order valence-corrected chi connectivity index (χ3v) is 5.70. The molecule has 2 atom stereocenters. The Morgan fingerprint density at radius 3 is 2.42 bits per heavy atom. The van der Waals surface area contributed by atoms with Gasteiger partial charge < -0.3 is 10.1 Å². The van der Waals surface area contributed by atoms with Gasteiger partial charge in [0, 0.05) is 18.6 Å². The van der Waals surface area contributed by atoms with Crippen LogP contribution >= 0.6 is 0 Å². The lowest BCUT2D eigenvalue weighted by Gasteiger charge is -2.45. The maximum atomic E-state index is 6.01. The largest absolute Gasteiger partial charge is 0.376 e. The fourth-order valence-corrected chi connectivity index (χ4v) is 4.27. The standard InChI is InChI=1S/C22H37NO/c1-18(2)11-12-22(14-16-24-21(4,5)17-22)13-15-23-19(3)20-9-7-6-8-10-20/h6-10,18-19,23H,11-17H2,1-5H3/p+1/t19-,22+/m1/s1. The van der Waals surface area contributed by atoms with E-state index in [-0.39, 0.29) is 5.60 Å². The quantitative estimate of drug-likeness (QED) is 0.733. The Labute approximate surface area is 149 Å². The lowest BCUT2D eigenvalue weighted by atomic mass is 9.68. The third kappa shape index (κ3) is 5.89. The molecule has 1 fully saturated rings. The first-order valence-electron chi connectivity index (χ1n) is 9.84. The number of nitrogens with two attached hydrogens (primary N) is 1. The van der Waals surface area contributed by atoms with E-state index in [1.54, 1.807) is 0 Å². The van der Waals surface area contributed by atoms with E-state index in [0.29, 0.717) is 11.5 Å². The minimum Gasteiger partial charge on any atom is -0.376 e. The zero-order chi connectivity index (χ0) is 17.6. The normalized spacial score (nSPS) is 24.9. The molecule has 1 aromatic rings. The van der Waals surface area contributed by atoms with Crippen molar-refractivity contribution < 1.29 is 10.1 Å². The molecule has 0 radical (unpaired) electrons. The van der Waals surface area contributed by atoms with Crippen LogP contribution in [-0.2, 0) is 4.74 Å². The van der Waals surface area contributed by atoms with E-state index in [9.17, 15) is 0 Å². The zero-order valence-corrected chi connectivity index (χ0v) is 16.5. The molecule has 0 aliphatic carbocycles. The predicted octanol–water partition coefficient (Wildman–Crippen LogP) is 4.71. The van der Waals surface area contributed by atoms with E-state index in [2.05, 4.69) is 70.3 Å². The highest BCUT2D eigenvalue weighted by atomic mass is 16.5. The molecule has 0 saturated carbocycles. The predicted molar refractivity (Wildman–Crippen MR) is 102 cm³/mol. The van der Waals surface area contributed by atoms with Crippen LogP contribution in [-0.4, -0.2) is 18.8 Å². The van der Waals surface area contributed by atoms with Gasteiger partial charge in [0.05, 0.1) is 12.1 Å². The van der Waals surface area contributed by atoms with Crippen LogP contribution in [0.15, 0.2) is 30.3 Å². The lowest BCUT2D eigenvalue weighted by molar-refractivity contribution is -0.694. The van der Waals surface area contributed by atoms with Gasteiger partial charge in [-0.15, -0.1) is 0 Å². The molecule has 0 aromatic heterocycles. The van der Waals surface area contributed by atoms with Crippen molar-refractivity contribution in [1.82, 2.24) is 0 Å². The molecule has 0 spiro atoms. The molecule has 136 valence electrons. The van der Waals surface area contributed by atoms with Crippen molar-refractivity contribution in [2.75, 3.05) is 13.2 Å². The summed E-state index contributed by atoms with van der Waals surface area (Å²) in [4.78, 5) is 0. The minimum absolute atomic E-state index is 0.0419. The number of quaternary nitrogens is 1. The van der Waals surface area contributed by atoms with Gasteiger partial charge >= 0.3 is 0 Å². The van der Waals surface area contributed by atoms with Crippen LogP contribution in [0.4, 0.5) is 0 Å². The van der Waals surface area contributed by atoms with Gasteiger partial charge in [-0.2, -0.15) is 0 Å². The van der Waals surface area contributed by atoms with Crippen molar-refractivity contribution in [1.29, 1.82) is 0 Å². The molecule has 0 amide bonds. The zero-order valence-electron chi connectivity index (χ0n) is 16.5. The number of ether oxygens (including phenoxy) is 1. The highest BCUT2D eigenvalue weighted by Gasteiger charge is 2.40. The van der Waals surface area contributed by atoms with Crippen LogP contribution in [0, 0.1) is 11.3 Å². The first kappa shape index (κ1) is 19.5. The molecule has 1 aromatic carbocycles. The Balaban J connectivity index is 1.93. The van der Waals surface area contributed by atoms with E-state index >= 15 is 0 Å². The van der Waals surface area contributed by atoms with Crippen LogP contribution in [0.2, 0.25) is 0 Å². The fourth-order valence-electron chi connectivity index (χ4n) is 4.27. The summed E-state index contributed by atoms with van der Waals surface area (Å²) in [5.74, 6) is 0.792. The van der Waals surface area contributed by atoms with Gasteiger partial charge in [0.1, 0.15) is 6.04 Å². The van der Waals surface area contributed by atoms with Crippen molar-refractivity contribution in [3.8, 4) is 0 Å². The number of hydrogen-bond donors (Lipinski definition) is 1. The lowest BCUT2D eigenvalue weighted by Crippen LogP contribution is -2.85. The average molecular weight is 333 g/mol. The second kappa shape index (κ2) is 8.49. The van der Waals surface area contributed by atoms with E-state index in [1.165, 1.54) is 44.2 Å². The van der Waals surface area contributed by atoms with Gasteiger partial charge in [0.2, 0.25) is 0 Å². The minimum atomic E-state index is 0.0419. The second-order valence-corrected chi connectivity index (χ2v) is 8.94. The van der Waals surface area contributed by atoms with Crippen LogP contribution in [0.5, 0.6) is 0 Å². The van der Waals surface area contributed by atoms with Gasteiger partial charge in [-0.1, -0.05) is 50.6 Å². The van der Waals surface area contributed by atoms with Crippen LogP contribution in [0.25, 0.3) is 0 Å². The summed E-state index contributed by atoms with van der Waals surface area (Å²) in [6.07, 6.45) is 6.44. The van der Waals surface area contributed by atoms with Crippen molar-refractivity contribution >= 4 is 0 Å². The molecule has 0 unspecified atom stereocenters. The molecular weight excluding hydrogens is 294 g/mol. The van der Waals surface area contributed by atoms with Gasteiger partial charge in [0.25, 0.3) is 0 Å². The summed E-state index contributed by atoms with van der Waals surface area (Å²) in [5.41, 5.74) is 1.94. The molecule has 1 heterocycles. The summed E-state index contributed by atoms with van der Waals surface area (Å²) >= 11 is 0. The summed E-state index contributed by atoms with van der Waals surface area (Å²) in [7, 11) is 0. The molecular formula is C22H38NO+. The average Bonchev–Trinajstić information content (AvgIpc) is 2.53. The molecule has 2 N–H and O–H groups in total. The molecule has 0 bridgehead atoms. The molecule has 1 aliphatic heterocycles. The Hall–Kier alpha value is -0.860. The smallest absolute Gasteiger partial charge is 0.109 e. The summed E-state index contributed by atoms with van der Waals surface area (Å²) in [5, 5.41) is 2.52.